The van der Waals surface area contributed by atoms with Crippen molar-refractivity contribution in [2.75, 3.05) is 0 Å². The van der Waals surface area contributed by atoms with Crippen LogP contribution in [0.4, 0.5) is 0 Å². The molecule has 0 saturated heterocycles. The molecule has 0 spiro atoms. The Morgan fingerprint density at radius 3 is 1.44 bits per heavy atom. The van der Waals surface area contributed by atoms with E-state index in [1.165, 1.54) is 4.57 Å². The molecule has 7 heteroatoms. The van der Waals surface area contributed by atoms with Crippen LogP contribution in [-0.2, 0) is 0 Å². The van der Waals surface area contributed by atoms with Crippen molar-refractivity contribution in [3.8, 4) is 45.0 Å². The lowest BCUT2D eigenvalue weighted by Crippen LogP contribution is -2.40. The van der Waals surface area contributed by atoms with Crippen LogP contribution in [0, 0.1) is 0 Å². The van der Waals surface area contributed by atoms with Gasteiger partial charge in [-0.05, 0) is 70.8 Å². The summed E-state index contributed by atoms with van der Waals surface area (Å²) in [6.07, 6.45) is 0. The summed E-state index contributed by atoms with van der Waals surface area (Å²) in [6.45, 7) is 0. The highest BCUT2D eigenvalue weighted by Gasteiger charge is 2.19. The average Bonchev–Trinajstić information content (AvgIpc) is 3.77. The monoisotopic (exact) mass is 673 g/mol. The maximum absolute atomic E-state index is 14.4. The zero-order chi connectivity index (χ0) is 34.8. The Labute approximate surface area is 295 Å². The predicted octanol–water partition coefficient (Wildman–Crippen LogP) is 10.2. The predicted molar refractivity (Wildman–Crippen MR) is 206 cm³/mol. The first-order valence-electron chi connectivity index (χ1n) is 17.0. The molecule has 0 radical (unpaired) electrons. The van der Waals surface area contributed by atoms with E-state index in [9.17, 15) is 9.59 Å². The molecule has 0 N–H and O–H groups in total. The van der Waals surface area contributed by atoms with Crippen LogP contribution in [0.5, 0.6) is 0 Å². The van der Waals surface area contributed by atoms with Gasteiger partial charge in [-0.1, -0.05) is 115 Å². The molecule has 3 heterocycles. The Morgan fingerprint density at radius 1 is 0.404 bits per heavy atom. The normalized spacial score (nSPS) is 11.6. The van der Waals surface area contributed by atoms with Gasteiger partial charge in [0.25, 0.3) is 0 Å². The SMILES string of the molecule is O=c1nc(-c2ccc(-c3cccc4oc5ccccc5c34)cc2)n(-c2ccc(-c3cccc4oc5ccccc5c34)cc2)c(=O)n1-c1ccccc1. The van der Waals surface area contributed by atoms with E-state index in [0.29, 0.717) is 16.9 Å². The van der Waals surface area contributed by atoms with Gasteiger partial charge in [-0.15, -0.1) is 0 Å². The van der Waals surface area contributed by atoms with Gasteiger partial charge >= 0.3 is 11.4 Å². The van der Waals surface area contributed by atoms with Gasteiger partial charge in [0.15, 0.2) is 5.82 Å². The maximum Gasteiger partial charge on any atom is 0.358 e. The first kappa shape index (κ1) is 29.6. The molecule has 3 aromatic heterocycles. The van der Waals surface area contributed by atoms with Crippen LogP contribution in [-0.4, -0.2) is 14.1 Å². The number of fused-ring (bicyclic) bond motifs is 6. The summed E-state index contributed by atoms with van der Waals surface area (Å²) in [6, 6.07) is 52.5. The number of hydrogen-bond donors (Lipinski definition) is 0. The van der Waals surface area contributed by atoms with E-state index in [4.69, 9.17) is 8.83 Å². The van der Waals surface area contributed by atoms with Crippen LogP contribution in [0.2, 0.25) is 0 Å². The number of benzene rings is 7. The van der Waals surface area contributed by atoms with Crippen molar-refractivity contribution in [3.63, 3.8) is 0 Å². The van der Waals surface area contributed by atoms with E-state index < -0.39 is 11.4 Å². The van der Waals surface area contributed by atoms with Crippen molar-refractivity contribution in [1.29, 1.82) is 0 Å². The molecule has 10 rings (SSSR count). The van der Waals surface area contributed by atoms with Gasteiger partial charge in [-0.2, -0.15) is 4.98 Å². The first-order chi connectivity index (χ1) is 25.6. The fourth-order valence-corrected chi connectivity index (χ4v) is 7.31. The molecular formula is C45H27N3O4. The Morgan fingerprint density at radius 2 is 0.865 bits per heavy atom. The van der Waals surface area contributed by atoms with Gasteiger partial charge in [0, 0.05) is 27.1 Å². The Bertz CT molecular complexity index is 3100. The molecule has 246 valence electrons. The molecule has 7 nitrogen and oxygen atoms in total. The molecule has 0 bridgehead atoms. The van der Waals surface area contributed by atoms with E-state index >= 15 is 0 Å². The van der Waals surface area contributed by atoms with Crippen LogP contribution in [0.3, 0.4) is 0 Å². The second-order valence-electron chi connectivity index (χ2n) is 12.7. The number of furan rings is 2. The molecule has 0 unspecified atom stereocenters. The third-order valence-electron chi connectivity index (χ3n) is 9.70. The Kier molecular flexibility index (Phi) is 6.66. The minimum atomic E-state index is -0.656. The highest BCUT2D eigenvalue weighted by Crippen LogP contribution is 2.38. The largest absolute Gasteiger partial charge is 0.456 e. The number of para-hydroxylation sites is 3. The number of hydrogen-bond acceptors (Lipinski definition) is 5. The minimum absolute atomic E-state index is 0.247. The molecule has 0 aliphatic carbocycles. The van der Waals surface area contributed by atoms with Gasteiger partial charge in [0.2, 0.25) is 0 Å². The summed E-state index contributed by atoms with van der Waals surface area (Å²) in [5.74, 6) is 0.247. The summed E-state index contributed by atoms with van der Waals surface area (Å²) in [7, 11) is 0. The third kappa shape index (κ3) is 4.64. The zero-order valence-corrected chi connectivity index (χ0v) is 27.6. The summed E-state index contributed by atoms with van der Waals surface area (Å²) < 4.78 is 14.9. The fourth-order valence-electron chi connectivity index (χ4n) is 7.31. The van der Waals surface area contributed by atoms with E-state index in [-0.39, 0.29) is 5.82 Å². The summed E-state index contributed by atoms with van der Waals surface area (Å²) in [5, 5.41) is 4.14. The summed E-state index contributed by atoms with van der Waals surface area (Å²) in [4.78, 5) is 32.6. The van der Waals surface area contributed by atoms with E-state index in [1.807, 2.05) is 115 Å². The van der Waals surface area contributed by atoms with E-state index in [2.05, 4.69) is 29.2 Å². The lowest BCUT2D eigenvalue weighted by Gasteiger charge is -2.16. The molecule has 7 aromatic carbocycles. The standard InChI is InChI=1S/C45H27N3O4/c49-44-46-43(30-22-20-28(21-23-30)33-14-8-18-39-41(33)35-12-4-6-16-37(35)51-39)47(45(50)48(44)31-10-2-1-3-11-31)32-26-24-29(25-27-32)34-15-9-19-40-42(34)36-13-5-7-17-38(36)52-40/h1-27H. The Balaban J connectivity index is 1.12. The van der Waals surface area contributed by atoms with Gasteiger partial charge < -0.3 is 8.83 Å². The number of aromatic nitrogens is 3. The molecule has 10 aromatic rings. The van der Waals surface area contributed by atoms with E-state index in [0.717, 1.165) is 70.7 Å². The van der Waals surface area contributed by atoms with Crippen molar-refractivity contribution in [2.24, 2.45) is 0 Å². The van der Waals surface area contributed by atoms with Crippen molar-refractivity contribution < 1.29 is 8.83 Å². The smallest absolute Gasteiger partial charge is 0.358 e. The van der Waals surface area contributed by atoms with Crippen LogP contribution in [0.1, 0.15) is 0 Å². The van der Waals surface area contributed by atoms with Crippen LogP contribution in [0.25, 0.3) is 88.9 Å². The number of rotatable bonds is 5. The highest BCUT2D eigenvalue weighted by atomic mass is 16.3. The zero-order valence-electron chi connectivity index (χ0n) is 27.6. The Hall–Kier alpha value is -7.25. The lowest BCUT2D eigenvalue weighted by atomic mass is 9.98. The molecule has 0 atom stereocenters. The highest BCUT2D eigenvalue weighted by molar-refractivity contribution is 6.13. The van der Waals surface area contributed by atoms with Gasteiger partial charge in [0.05, 0.1) is 11.4 Å². The molecular weight excluding hydrogens is 647 g/mol. The van der Waals surface area contributed by atoms with Crippen LogP contribution >= 0.6 is 0 Å². The van der Waals surface area contributed by atoms with Crippen molar-refractivity contribution >= 4 is 43.9 Å². The molecule has 52 heavy (non-hydrogen) atoms. The summed E-state index contributed by atoms with van der Waals surface area (Å²) in [5.41, 5.74) is 7.71. The lowest BCUT2D eigenvalue weighted by molar-refractivity contribution is 0.668. The van der Waals surface area contributed by atoms with Gasteiger partial charge in [0.1, 0.15) is 22.3 Å². The second-order valence-corrected chi connectivity index (χ2v) is 12.7. The van der Waals surface area contributed by atoms with Gasteiger partial charge in [-0.25, -0.2) is 18.7 Å². The van der Waals surface area contributed by atoms with Gasteiger partial charge in [-0.3, -0.25) is 0 Å². The minimum Gasteiger partial charge on any atom is -0.456 e. The second kappa shape index (κ2) is 11.7. The van der Waals surface area contributed by atoms with Crippen molar-refractivity contribution in [1.82, 2.24) is 14.1 Å². The molecule has 0 saturated carbocycles. The van der Waals surface area contributed by atoms with E-state index in [1.54, 1.807) is 24.3 Å². The first-order valence-corrected chi connectivity index (χ1v) is 17.0. The molecule has 0 fully saturated rings. The molecule has 0 amide bonds. The number of nitrogens with zero attached hydrogens (tertiary/aromatic N) is 3. The van der Waals surface area contributed by atoms with Crippen LogP contribution < -0.4 is 11.4 Å². The van der Waals surface area contributed by atoms with Crippen molar-refractivity contribution in [3.05, 3.63) is 185 Å². The van der Waals surface area contributed by atoms with Crippen molar-refractivity contribution in [2.45, 2.75) is 0 Å². The molecule has 0 aliphatic heterocycles. The maximum atomic E-state index is 14.4. The topological polar surface area (TPSA) is 83.2 Å². The average molecular weight is 674 g/mol. The fraction of sp³-hybridized carbons (Fsp3) is 0. The summed E-state index contributed by atoms with van der Waals surface area (Å²) >= 11 is 0. The molecule has 0 aliphatic rings. The quantitative estimate of drug-likeness (QED) is 0.182. The third-order valence-corrected chi connectivity index (χ3v) is 9.70. The van der Waals surface area contributed by atoms with Crippen LogP contribution in [0.15, 0.2) is 182 Å².